The lowest BCUT2D eigenvalue weighted by Gasteiger charge is -2.22. The number of carbonyl (C=O) groups excluding carboxylic acids is 2. The Bertz CT molecular complexity index is 1070. The molecule has 0 aliphatic carbocycles. The predicted molar refractivity (Wildman–Crippen MR) is 100 cm³/mol. The fourth-order valence-corrected chi connectivity index (χ4v) is 2.85. The quantitative estimate of drug-likeness (QED) is 0.604. The molecule has 0 atom stereocenters. The van der Waals surface area contributed by atoms with E-state index < -0.39 is 24.3 Å². The van der Waals surface area contributed by atoms with Crippen molar-refractivity contribution in [3.63, 3.8) is 0 Å². The Hall–Kier alpha value is -3.66. The number of benzene rings is 2. The molecule has 0 spiro atoms. The van der Waals surface area contributed by atoms with Crippen LogP contribution in [0.2, 0.25) is 0 Å². The Morgan fingerprint density at radius 3 is 2.61 bits per heavy atom. The number of aryl methyl sites for hydroxylation is 1. The summed E-state index contributed by atoms with van der Waals surface area (Å²) in [5, 5.41) is 9.58. The van der Waals surface area contributed by atoms with Crippen LogP contribution in [0.5, 0.6) is 0 Å². The molecule has 0 unspecified atom stereocenters. The third-order valence-corrected chi connectivity index (χ3v) is 4.25. The van der Waals surface area contributed by atoms with E-state index in [1.165, 1.54) is 18.2 Å². The van der Waals surface area contributed by atoms with Crippen molar-refractivity contribution in [3.05, 3.63) is 65.7 Å². The van der Waals surface area contributed by atoms with Crippen molar-refractivity contribution < 1.29 is 23.1 Å². The van der Waals surface area contributed by atoms with Gasteiger partial charge in [-0.3, -0.25) is 4.79 Å². The zero-order chi connectivity index (χ0) is 20.1. The van der Waals surface area contributed by atoms with Crippen LogP contribution in [0.1, 0.15) is 22.5 Å². The Labute approximate surface area is 160 Å². The van der Waals surface area contributed by atoms with E-state index in [-0.39, 0.29) is 24.4 Å². The first-order valence-corrected chi connectivity index (χ1v) is 8.60. The molecule has 1 aromatic heterocycles. The van der Waals surface area contributed by atoms with Gasteiger partial charge in [-0.2, -0.15) is 5.26 Å². The molecule has 0 radical (unpaired) electrons. The normalized spacial score (nSPS) is 10.5. The van der Waals surface area contributed by atoms with Crippen LogP contribution in [0, 0.1) is 24.1 Å². The maximum atomic E-state index is 14.1. The van der Waals surface area contributed by atoms with Gasteiger partial charge in [0.1, 0.15) is 11.4 Å². The number of nitrogens with zero attached hydrogens (tertiary/aromatic N) is 2. The van der Waals surface area contributed by atoms with Crippen LogP contribution in [0.4, 0.5) is 10.1 Å². The minimum absolute atomic E-state index is 0.0106. The SMILES string of the molecule is Cc1c(C(=O)OCC(=O)N(CCC#N)c2ccccc2F)oc2ccccc12. The van der Waals surface area contributed by atoms with Crippen molar-refractivity contribution in [1.29, 1.82) is 5.26 Å². The summed E-state index contributed by atoms with van der Waals surface area (Å²) in [4.78, 5) is 26.0. The first-order valence-electron chi connectivity index (χ1n) is 8.60. The Balaban J connectivity index is 1.74. The van der Waals surface area contributed by atoms with E-state index in [0.717, 1.165) is 10.3 Å². The topological polar surface area (TPSA) is 83.5 Å². The Morgan fingerprint density at radius 2 is 1.89 bits per heavy atom. The summed E-state index contributed by atoms with van der Waals surface area (Å²) in [5.74, 6) is -2.00. The largest absolute Gasteiger partial charge is 0.450 e. The van der Waals surface area contributed by atoms with Gasteiger partial charge >= 0.3 is 5.97 Å². The second-order valence-corrected chi connectivity index (χ2v) is 6.03. The minimum Gasteiger partial charge on any atom is -0.450 e. The molecule has 2 aromatic carbocycles. The molecular formula is C21H17FN2O4. The first-order chi connectivity index (χ1) is 13.5. The predicted octanol–water partition coefficient (Wildman–Crippen LogP) is 3.98. The van der Waals surface area contributed by atoms with Crippen LogP contribution in [0.15, 0.2) is 52.9 Å². The number of hydrogen-bond acceptors (Lipinski definition) is 5. The molecule has 0 aliphatic heterocycles. The Kier molecular flexibility index (Phi) is 5.70. The van der Waals surface area contributed by atoms with Gasteiger partial charge in [0.2, 0.25) is 5.76 Å². The fourth-order valence-electron chi connectivity index (χ4n) is 2.85. The van der Waals surface area contributed by atoms with Crippen molar-refractivity contribution in [1.82, 2.24) is 0 Å². The molecule has 0 fully saturated rings. The molecule has 142 valence electrons. The number of para-hydroxylation sites is 2. The molecule has 0 saturated carbocycles. The lowest BCUT2D eigenvalue weighted by atomic mass is 10.1. The molecule has 0 aliphatic rings. The van der Waals surface area contributed by atoms with E-state index in [1.54, 1.807) is 25.1 Å². The first kappa shape index (κ1) is 19.1. The molecule has 0 N–H and O–H groups in total. The van der Waals surface area contributed by atoms with E-state index in [2.05, 4.69) is 0 Å². The van der Waals surface area contributed by atoms with Gasteiger partial charge in [-0.15, -0.1) is 0 Å². The molecule has 0 saturated heterocycles. The van der Waals surface area contributed by atoms with Crippen LogP contribution in [0.25, 0.3) is 11.0 Å². The number of fused-ring (bicyclic) bond motifs is 1. The van der Waals surface area contributed by atoms with Crippen molar-refractivity contribution in [3.8, 4) is 6.07 Å². The molecule has 1 heterocycles. The summed E-state index contributed by atoms with van der Waals surface area (Å²) in [5.41, 5.74) is 1.18. The van der Waals surface area contributed by atoms with Gasteiger partial charge in [0.15, 0.2) is 6.61 Å². The van der Waals surface area contributed by atoms with E-state index in [9.17, 15) is 14.0 Å². The van der Waals surface area contributed by atoms with E-state index in [1.807, 2.05) is 18.2 Å². The standard InChI is InChI=1S/C21H17FN2O4/c1-14-15-7-2-5-10-18(15)28-20(14)21(26)27-13-19(25)24(12-6-11-23)17-9-4-3-8-16(17)22/h2-5,7-10H,6,12-13H2,1H3. The highest BCUT2D eigenvalue weighted by atomic mass is 19.1. The highest BCUT2D eigenvalue weighted by Gasteiger charge is 2.23. The second-order valence-electron chi connectivity index (χ2n) is 6.03. The van der Waals surface area contributed by atoms with Crippen molar-refractivity contribution >= 4 is 28.5 Å². The Morgan fingerprint density at radius 1 is 1.18 bits per heavy atom. The smallest absolute Gasteiger partial charge is 0.375 e. The maximum Gasteiger partial charge on any atom is 0.375 e. The summed E-state index contributed by atoms with van der Waals surface area (Å²) < 4.78 is 24.7. The molecule has 6 nitrogen and oxygen atoms in total. The lowest BCUT2D eigenvalue weighted by Crippen LogP contribution is -2.36. The highest BCUT2D eigenvalue weighted by Crippen LogP contribution is 2.25. The average molecular weight is 380 g/mol. The number of halogens is 1. The van der Waals surface area contributed by atoms with Crippen molar-refractivity contribution in [2.24, 2.45) is 0 Å². The summed E-state index contributed by atoms with van der Waals surface area (Å²) in [6.45, 7) is 1.11. The average Bonchev–Trinajstić information content (AvgIpc) is 3.04. The highest BCUT2D eigenvalue weighted by molar-refractivity contribution is 5.99. The summed E-state index contributed by atoms with van der Waals surface area (Å²) >= 11 is 0. The zero-order valence-corrected chi connectivity index (χ0v) is 15.1. The van der Waals surface area contributed by atoms with Gasteiger partial charge in [-0.05, 0) is 25.1 Å². The number of furan rings is 1. The monoisotopic (exact) mass is 380 g/mol. The van der Waals surface area contributed by atoms with Gasteiger partial charge in [0, 0.05) is 17.5 Å². The maximum absolute atomic E-state index is 14.1. The number of ether oxygens (including phenoxy) is 1. The molecule has 0 bridgehead atoms. The molecule has 28 heavy (non-hydrogen) atoms. The summed E-state index contributed by atoms with van der Waals surface area (Å²) in [6, 6.07) is 14.8. The van der Waals surface area contributed by atoms with Crippen LogP contribution < -0.4 is 4.90 Å². The molecule has 1 amide bonds. The molecular weight excluding hydrogens is 363 g/mol. The van der Waals surface area contributed by atoms with Crippen LogP contribution >= 0.6 is 0 Å². The second kappa shape index (κ2) is 8.35. The molecule has 3 aromatic rings. The third kappa shape index (κ3) is 3.86. The zero-order valence-electron chi connectivity index (χ0n) is 15.1. The van der Waals surface area contributed by atoms with Crippen molar-refractivity contribution in [2.45, 2.75) is 13.3 Å². The number of hydrogen-bond donors (Lipinski definition) is 0. The van der Waals surface area contributed by atoms with Crippen LogP contribution in [-0.4, -0.2) is 25.0 Å². The number of rotatable bonds is 6. The van der Waals surface area contributed by atoms with Gasteiger partial charge in [0.25, 0.3) is 5.91 Å². The fraction of sp³-hybridized carbons (Fsp3) is 0.190. The van der Waals surface area contributed by atoms with Gasteiger partial charge < -0.3 is 14.1 Å². The minimum atomic E-state index is -0.782. The number of nitriles is 1. The van der Waals surface area contributed by atoms with E-state index in [4.69, 9.17) is 14.4 Å². The van der Waals surface area contributed by atoms with Gasteiger partial charge in [-0.25, -0.2) is 9.18 Å². The number of carbonyl (C=O) groups is 2. The molecule has 7 heteroatoms. The van der Waals surface area contributed by atoms with Gasteiger partial charge in [-0.1, -0.05) is 30.3 Å². The lowest BCUT2D eigenvalue weighted by molar-refractivity contribution is -0.121. The van der Waals surface area contributed by atoms with E-state index >= 15 is 0 Å². The number of amides is 1. The summed E-state index contributed by atoms with van der Waals surface area (Å²) in [7, 11) is 0. The van der Waals surface area contributed by atoms with Crippen LogP contribution in [0.3, 0.4) is 0 Å². The summed E-state index contributed by atoms with van der Waals surface area (Å²) in [6.07, 6.45) is 0.0106. The number of esters is 1. The van der Waals surface area contributed by atoms with E-state index in [0.29, 0.717) is 11.1 Å². The van der Waals surface area contributed by atoms with Crippen molar-refractivity contribution in [2.75, 3.05) is 18.1 Å². The third-order valence-electron chi connectivity index (χ3n) is 4.25. The number of anilines is 1. The van der Waals surface area contributed by atoms with Gasteiger partial charge in [0.05, 0.1) is 18.2 Å². The molecule has 3 rings (SSSR count). The van der Waals surface area contributed by atoms with Crippen LogP contribution in [-0.2, 0) is 9.53 Å².